The highest BCUT2D eigenvalue weighted by molar-refractivity contribution is 6.51. The highest BCUT2D eigenvalue weighted by Gasteiger charge is 2.58. The highest BCUT2D eigenvalue weighted by atomic mass is 35.5. The van der Waals surface area contributed by atoms with E-state index in [1.807, 2.05) is 6.07 Å². The summed E-state index contributed by atoms with van der Waals surface area (Å²) in [7, 11) is 0. The second-order valence-corrected chi connectivity index (χ2v) is 7.83. The van der Waals surface area contributed by atoms with Crippen LogP contribution in [0.5, 0.6) is 0 Å². The van der Waals surface area contributed by atoms with Crippen molar-refractivity contribution < 1.29 is 14.4 Å². The van der Waals surface area contributed by atoms with Crippen LogP contribution in [0.1, 0.15) is 0 Å². The van der Waals surface area contributed by atoms with Crippen molar-refractivity contribution in [1.29, 1.82) is 0 Å². The number of para-hydroxylation sites is 2. The molecule has 8 heteroatoms. The van der Waals surface area contributed by atoms with Gasteiger partial charge in [0.2, 0.25) is 5.91 Å². The van der Waals surface area contributed by atoms with Crippen LogP contribution in [0.4, 0.5) is 17.1 Å². The number of imide groups is 1. The standard InChI is InChI=1S/C24H17ClN4O3/c25-15-11-13-18(14-12-15)29-21-19(20(27-29)22(30)26-16-7-3-1-4-8-16)23(31)28(24(21)32)17-9-5-2-6-10-17/h1-14,19,21H,(H,26,30). The zero-order valence-corrected chi connectivity index (χ0v) is 17.4. The van der Waals surface area contributed by atoms with Gasteiger partial charge in [0.25, 0.3) is 11.8 Å². The molecule has 0 bridgehead atoms. The first-order valence-electron chi connectivity index (χ1n) is 9.97. The Kier molecular flexibility index (Phi) is 4.95. The van der Waals surface area contributed by atoms with E-state index in [9.17, 15) is 14.4 Å². The Bertz CT molecular complexity index is 1230. The van der Waals surface area contributed by atoms with Gasteiger partial charge in [-0.05, 0) is 48.5 Å². The molecule has 0 spiro atoms. The Balaban J connectivity index is 1.56. The van der Waals surface area contributed by atoms with E-state index in [-0.39, 0.29) is 5.71 Å². The first-order chi connectivity index (χ1) is 15.5. The summed E-state index contributed by atoms with van der Waals surface area (Å²) in [5, 5.41) is 9.15. The molecule has 2 aliphatic heterocycles. The summed E-state index contributed by atoms with van der Waals surface area (Å²) < 4.78 is 0. The SMILES string of the molecule is O=C(Nc1ccccc1)C1=NN(c2ccc(Cl)cc2)C2C(=O)N(c3ccccc3)C(=O)C12. The van der Waals surface area contributed by atoms with Gasteiger partial charge in [-0.2, -0.15) is 5.10 Å². The Hall–Kier alpha value is -3.97. The molecule has 0 aromatic heterocycles. The van der Waals surface area contributed by atoms with Gasteiger partial charge in [0.05, 0.1) is 11.4 Å². The van der Waals surface area contributed by atoms with E-state index in [1.54, 1.807) is 78.9 Å². The first-order valence-corrected chi connectivity index (χ1v) is 10.3. The number of hydrogen-bond acceptors (Lipinski definition) is 5. The lowest BCUT2D eigenvalue weighted by Gasteiger charge is -2.22. The second kappa shape index (κ2) is 7.94. The van der Waals surface area contributed by atoms with Crippen LogP contribution < -0.4 is 15.2 Å². The van der Waals surface area contributed by atoms with E-state index in [4.69, 9.17) is 11.6 Å². The van der Waals surface area contributed by atoms with E-state index in [0.29, 0.717) is 22.1 Å². The van der Waals surface area contributed by atoms with Gasteiger partial charge < -0.3 is 5.32 Å². The van der Waals surface area contributed by atoms with Crippen LogP contribution >= 0.6 is 11.6 Å². The zero-order chi connectivity index (χ0) is 22.2. The monoisotopic (exact) mass is 444 g/mol. The van der Waals surface area contributed by atoms with Gasteiger partial charge in [-0.25, -0.2) is 4.90 Å². The van der Waals surface area contributed by atoms with Gasteiger partial charge in [0.15, 0.2) is 0 Å². The number of amides is 3. The summed E-state index contributed by atoms with van der Waals surface area (Å²) in [5.74, 6) is -2.47. The third kappa shape index (κ3) is 3.33. The molecule has 3 amide bonds. The molecule has 7 nitrogen and oxygen atoms in total. The van der Waals surface area contributed by atoms with Crippen molar-refractivity contribution in [2.24, 2.45) is 11.0 Å². The molecule has 0 saturated carbocycles. The Labute approximate surface area is 188 Å². The number of anilines is 3. The maximum Gasteiger partial charge on any atom is 0.272 e. The number of nitrogens with zero attached hydrogens (tertiary/aromatic N) is 3. The number of halogens is 1. The molecule has 2 heterocycles. The summed E-state index contributed by atoms with van der Waals surface area (Å²) >= 11 is 6.01. The Morgan fingerprint density at radius 1 is 0.812 bits per heavy atom. The van der Waals surface area contributed by atoms with E-state index in [2.05, 4.69) is 10.4 Å². The van der Waals surface area contributed by atoms with Crippen LogP contribution in [0.2, 0.25) is 5.02 Å². The molecule has 1 N–H and O–H groups in total. The minimum Gasteiger partial charge on any atom is -0.321 e. The summed E-state index contributed by atoms with van der Waals surface area (Å²) in [5.41, 5.74) is 1.57. The number of fused-ring (bicyclic) bond motifs is 1. The minimum absolute atomic E-state index is 0.00872. The van der Waals surface area contributed by atoms with E-state index < -0.39 is 29.7 Å². The Morgan fingerprint density at radius 2 is 1.44 bits per heavy atom. The van der Waals surface area contributed by atoms with E-state index in [0.717, 1.165) is 4.90 Å². The van der Waals surface area contributed by atoms with Gasteiger partial charge in [-0.15, -0.1) is 0 Å². The number of hydrazone groups is 1. The molecule has 0 radical (unpaired) electrons. The van der Waals surface area contributed by atoms with Crippen molar-refractivity contribution in [1.82, 2.24) is 0 Å². The van der Waals surface area contributed by atoms with Crippen LogP contribution in [0.15, 0.2) is 90.0 Å². The van der Waals surface area contributed by atoms with Gasteiger partial charge in [0.1, 0.15) is 17.7 Å². The van der Waals surface area contributed by atoms with Crippen molar-refractivity contribution in [2.75, 3.05) is 15.2 Å². The van der Waals surface area contributed by atoms with Gasteiger partial charge in [0, 0.05) is 10.7 Å². The van der Waals surface area contributed by atoms with Crippen molar-refractivity contribution in [3.05, 3.63) is 90.0 Å². The van der Waals surface area contributed by atoms with Crippen LogP contribution in [0.3, 0.4) is 0 Å². The molecule has 1 saturated heterocycles. The minimum atomic E-state index is -1.03. The van der Waals surface area contributed by atoms with Gasteiger partial charge in [-0.1, -0.05) is 48.0 Å². The lowest BCUT2D eigenvalue weighted by Crippen LogP contribution is -2.39. The Morgan fingerprint density at radius 3 is 2.09 bits per heavy atom. The highest BCUT2D eigenvalue weighted by Crippen LogP contribution is 2.38. The smallest absolute Gasteiger partial charge is 0.272 e. The number of rotatable bonds is 4. The fraction of sp³-hybridized carbons (Fsp3) is 0.0833. The average Bonchev–Trinajstić information content (AvgIpc) is 3.32. The first kappa shape index (κ1) is 20.0. The van der Waals surface area contributed by atoms with Crippen LogP contribution in [0.25, 0.3) is 0 Å². The average molecular weight is 445 g/mol. The van der Waals surface area contributed by atoms with E-state index in [1.165, 1.54) is 5.01 Å². The third-order valence-electron chi connectivity index (χ3n) is 5.42. The molecule has 158 valence electrons. The summed E-state index contributed by atoms with van der Waals surface area (Å²) in [6.45, 7) is 0. The van der Waals surface area contributed by atoms with Crippen LogP contribution in [0, 0.1) is 5.92 Å². The van der Waals surface area contributed by atoms with Gasteiger partial charge in [-0.3, -0.25) is 19.4 Å². The predicted octanol–water partition coefficient (Wildman–Crippen LogP) is 3.71. The van der Waals surface area contributed by atoms with Crippen molar-refractivity contribution >= 4 is 52.1 Å². The number of nitrogens with one attached hydrogen (secondary N) is 1. The van der Waals surface area contributed by atoms with Gasteiger partial charge >= 0.3 is 0 Å². The number of benzene rings is 3. The summed E-state index contributed by atoms with van der Waals surface area (Å²) in [6.07, 6.45) is 0. The molecule has 1 fully saturated rings. The second-order valence-electron chi connectivity index (χ2n) is 7.40. The third-order valence-corrected chi connectivity index (χ3v) is 5.67. The van der Waals surface area contributed by atoms with Crippen molar-refractivity contribution in [2.45, 2.75) is 6.04 Å². The fourth-order valence-electron chi connectivity index (χ4n) is 3.96. The molecule has 5 rings (SSSR count). The number of carbonyl (C=O) groups excluding carboxylic acids is 3. The molecule has 2 aliphatic rings. The molecule has 2 atom stereocenters. The largest absolute Gasteiger partial charge is 0.321 e. The molecule has 0 aliphatic carbocycles. The van der Waals surface area contributed by atoms with E-state index >= 15 is 0 Å². The summed E-state index contributed by atoms with van der Waals surface area (Å²) in [4.78, 5) is 41.0. The predicted molar refractivity (Wildman–Crippen MR) is 123 cm³/mol. The lowest BCUT2D eigenvalue weighted by atomic mass is 9.97. The quantitative estimate of drug-likeness (QED) is 0.622. The van der Waals surface area contributed by atoms with Crippen molar-refractivity contribution in [3.8, 4) is 0 Å². The topological polar surface area (TPSA) is 82.1 Å². The number of hydrogen-bond donors (Lipinski definition) is 1. The molecule has 3 aromatic carbocycles. The molecule has 2 unspecified atom stereocenters. The number of carbonyl (C=O) groups is 3. The molecule has 3 aromatic rings. The molecular weight excluding hydrogens is 428 g/mol. The molecular formula is C24H17ClN4O3. The maximum atomic E-state index is 13.4. The fourth-order valence-corrected chi connectivity index (χ4v) is 4.08. The van der Waals surface area contributed by atoms with Crippen molar-refractivity contribution in [3.63, 3.8) is 0 Å². The summed E-state index contributed by atoms with van der Waals surface area (Å²) in [6, 6.07) is 23.3. The molecule has 32 heavy (non-hydrogen) atoms. The lowest BCUT2D eigenvalue weighted by molar-refractivity contribution is -0.122. The normalized spacial score (nSPS) is 19.7. The zero-order valence-electron chi connectivity index (χ0n) is 16.7. The maximum absolute atomic E-state index is 13.4. The van der Waals surface area contributed by atoms with Crippen LogP contribution in [-0.2, 0) is 14.4 Å². The van der Waals surface area contributed by atoms with Crippen LogP contribution in [-0.4, -0.2) is 29.5 Å².